The normalized spacial score (nSPS) is 18.9. The number of hydrogen-bond acceptors (Lipinski definition) is 7. The molecule has 198 valence electrons. The first kappa shape index (κ1) is 27.3. The Hall–Kier alpha value is -3.27. The Morgan fingerprint density at radius 2 is 1.67 bits per heavy atom. The summed E-state index contributed by atoms with van der Waals surface area (Å²) in [5.74, 6) is 1.08. The fraction of sp³-hybridized carbons (Fsp3) is 0.577. The maximum atomic E-state index is 13.2. The molecule has 3 amide bonds. The summed E-state index contributed by atoms with van der Waals surface area (Å²) in [6.45, 7) is 8.93. The fourth-order valence-corrected chi connectivity index (χ4v) is 4.49. The molecule has 36 heavy (non-hydrogen) atoms. The van der Waals surface area contributed by atoms with Crippen molar-refractivity contribution in [1.29, 1.82) is 0 Å². The van der Waals surface area contributed by atoms with Gasteiger partial charge in [-0.3, -0.25) is 14.6 Å². The van der Waals surface area contributed by atoms with Gasteiger partial charge in [-0.2, -0.15) is 0 Å². The van der Waals surface area contributed by atoms with Gasteiger partial charge in [-0.15, -0.1) is 0 Å². The molecule has 10 heteroatoms. The van der Waals surface area contributed by atoms with E-state index in [4.69, 9.17) is 14.2 Å². The van der Waals surface area contributed by atoms with E-state index in [0.717, 1.165) is 0 Å². The van der Waals surface area contributed by atoms with Gasteiger partial charge in [-0.25, -0.2) is 9.59 Å². The van der Waals surface area contributed by atoms with Crippen LogP contribution >= 0.6 is 0 Å². The second-order valence-electron chi connectivity index (χ2n) is 9.42. The Balaban J connectivity index is 1.93. The third-order valence-corrected chi connectivity index (χ3v) is 6.46. The third kappa shape index (κ3) is 6.29. The number of methoxy groups -OCH3 is 2. The van der Waals surface area contributed by atoms with E-state index in [1.165, 1.54) is 4.90 Å². The number of rotatable bonds is 9. The first-order valence-corrected chi connectivity index (χ1v) is 12.4. The molecule has 3 rings (SSSR count). The van der Waals surface area contributed by atoms with Gasteiger partial charge < -0.3 is 24.4 Å². The minimum atomic E-state index is -0.736. The molecule has 1 saturated heterocycles. The van der Waals surface area contributed by atoms with Gasteiger partial charge in [0.05, 0.1) is 32.4 Å². The molecule has 1 N–H and O–H groups in total. The van der Waals surface area contributed by atoms with Crippen LogP contribution in [0.4, 0.5) is 4.79 Å². The summed E-state index contributed by atoms with van der Waals surface area (Å²) in [4.78, 5) is 44.2. The van der Waals surface area contributed by atoms with E-state index in [9.17, 15) is 14.4 Å². The molecular formula is C26H38N4O6. The lowest BCUT2D eigenvalue weighted by molar-refractivity contribution is -0.139. The number of amides is 3. The second kappa shape index (κ2) is 12.1. The summed E-state index contributed by atoms with van der Waals surface area (Å²) in [6, 6.07) is 4.22. The smallest absolute Gasteiger partial charge is 0.338 e. The van der Waals surface area contributed by atoms with Gasteiger partial charge in [0, 0.05) is 58.0 Å². The van der Waals surface area contributed by atoms with Crippen molar-refractivity contribution in [2.24, 2.45) is 5.92 Å². The van der Waals surface area contributed by atoms with Crippen LogP contribution in [-0.2, 0) is 14.3 Å². The number of nitrogens with zero attached hydrogens (tertiary/aromatic N) is 3. The Kier molecular flexibility index (Phi) is 9.19. The van der Waals surface area contributed by atoms with Crippen molar-refractivity contribution in [1.82, 2.24) is 20.0 Å². The molecule has 0 saturated carbocycles. The number of nitrogens with one attached hydrogen (secondary N) is 1. The standard InChI is InChI=1S/C26H38N4O6/c1-7-36-25(32)23-21(16-29-8-10-30(11-9-29)22(31)12-17(2)3)28(4)26(33)27-24(23)18-13-19(34-5)15-20(14-18)35-6/h13-15,17,24H,7-12,16H2,1-6H3,(H,27,33)/t24-/m1/s1. The number of urea groups is 1. The number of likely N-dealkylation sites (N-methyl/N-ethyl adjacent to an activating group) is 1. The zero-order chi connectivity index (χ0) is 26.4. The van der Waals surface area contributed by atoms with Crippen molar-refractivity contribution < 1.29 is 28.6 Å². The molecule has 1 fully saturated rings. The first-order chi connectivity index (χ1) is 17.2. The van der Waals surface area contributed by atoms with Crippen LogP contribution in [0.3, 0.4) is 0 Å². The Bertz CT molecular complexity index is 978. The molecule has 10 nitrogen and oxygen atoms in total. The summed E-state index contributed by atoms with van der Waals surface area (Å²) < 4.78 is 16.2. The van der Waals surface area contributed by atoms with Crippen LogP contribution in [0, 0.1) is 5.92 Å². The molecular weight excluding hydrogens is 464 g/mol. The molecule has 1 aromatic carbocycles. The second-order valence-corrected chi connectivity index (χ2v) is 9.42. The highest BCUT2D eigenvalue weighted by Gasteiger charge is 2.38. The Morgan fingerprint density at radius 3 is 2.19 bits per heavy atom. The van der Waals surface area contributed by atoms with E-state index in [1.54, 1.807) is 46.4 Å². The van der Waals surface area contributed by atoms with Gasteiger partial charge in [0.15, 0.2) is 0 Å². The molecule has 1 aromatic rings. The van der Waals surface area contributed by atoms with E-state index in [0.29, 0.717) is 73.4 Å². The van der Waals surface area contributed by atoms with E-state index in [2.05, 4.69) is 10.2 Å². The summed E-state index contributed by atoms with van der Waals surface area (Å²) in [6.07, 6.45) is 0.534. The maximum absolute atomic E-state index is 13.2. The zero-order valence-electron chi connectivity index (χ0n) is 22.1. The van der Waals surface area contributed by atoms with Crippen molar-refractivity contribution in [2.45, 2.75) is 33.2 Å². The molecule has 1 atom stereocenters. The largest absolute Gasteiger partial charge is 0.497 e. The summed E-state index contributed by atoms with van der Waals surface area (Å²) in [5, 5.41) is 2.93. The lowest BCUT2D eigenvalue weighted by atomic mass is 9.93. The zero-order valence-corrected chi connectivity index (χ0v) is 22.1. The predicted molar refractivity (Wildman–Crippen MR) is 135 cm³/mol. The highest BCUT2D eigenvalue weighted by molar-refractivity contribution is 5.95. The van der Waals surface area contributed by atoms with Gasteiger partial charge in [0.2, 0.25) is 5.91 Å². The topological polar surface area (TPSA) is 101 Å². The summed E-state index contributed by atoms with van der Waals surface area (Å²) >= 11 is 0. The quantitative estimate of drug-likeness (QED) is 0.518. The number of hydrogen-bond donors (Lipinski definition) is 1. The average molecular weight is 503 g/mol. The van der Waals surface area contributed by atoms with Crippen molar-refractivity contribution in [3.63, 3.8) is 0 Å². The molecule has 0 unspecified atom stereocenters. The number of carbonyl (C=O) groups is 3. The lowest BCUT2D eigenvalue weighted by Crippen LogP contribution is -2.53. The molecule has 2 aliphatic heterocycles. The molecule has 0 spiro atoms. The van der Waals surface area contributed by atoms with Crippen LogP contribution in [0.1, 0.15) is 38.8 Å². The van der Waals surface area contributed by atoms with E-state index in [1.807, 2.05) is 18.7 Å². The summed E-state index contributed by atoms with van der Waals surface area (Å²) in [7, 11) is 4.74. The number of esters is 1. The van der Waals surface area contributed by atoms with Crippen LogP contribution in [0.15, 0.2) is 29.5 Å². The van der Waals surface area contributed by atoms with Gasteiger partial charge in [-0.05, 0) is 30.5 Å². The molecule has 0 radical (unpaired) electrons. The van der Waals surface area contributed by atoms with E-state index in [-0.39, 0.29) is 18.5 Å². The molecule has 0 aromatic heterocycles. The fourth-order valence-electron chi connectivity index (χ4n) is 4.49. The number of carbonyl (C=O) groups excluding carboxylic acids is 3. The minimum absolute atomic E-state index is 0.164. The van der Waals surface area contributed by atoms with Gasteiger partial charge in [0.1, 0.15) is 11.5 Å². The van der Waals surface area contributed by atoms with Crippen molar-refractivity contribution in [3.8, 4) is 11.5 Å². The maximum Gasteiger partial charge on any atom is 0.338 e. The van der Waals surface area contributed by atoms with Gasteiger partial charge in [-0.1, -0.05) is 13.8 Å². The monoisotopic (exact) mass is 502 g/mol. The number of ether oxygens (including phenoxy) is 3. The van der Waals surface area contributed by atoms with Crippen molar-refractivity contribution in [3.05, 3.63) is 35.0 Å². The predicted octanol–water partition coefficient (Wildman–Crippen LogP) is 2.41. The Labute approximate surface area is 213 Å². The number of benzene rings is 1. The SMILES string of the molecule is CCOC(=O)C1=C(CN2CCN(C(=O)CC(C)C)CC2)N(C)C(=O)N[C@@H]1c1cc(OC)cc(OC)c1. The third-order valence-electron chi connectivity index (χ3n) is 6.46. The lowest BCUT2D eigenvalue weighted by Gasteiger charge is -2.39. The molecule has 0 bridgehead atoms. The van der Waals surface area contributed by atoms with E-state index < -0.39 is 12.0 Å². The van der Waals surface area contributed by atoms with Crippen molar-refractivity contribution in [2.75, 3.05) is 60.6 Å². The van der Waals surface area contributed by atoms with Gasteiger partial charge in [0.25, 0.3) is 0 Å². The van der Waals surface area contributed by atoms with Crippen LogP contribution in [-0.4, -0.2) is 93.2 Å². The molecule has 2 aliphatic rings. The molecule has 2 heterocycles. The number of piperazine rings is 1. The summed E-state index contributed by atoms with van der Waals surface area (Å²) in [5.41, 5.74) is 1.59. The van der Waals surface area contributed by atoms with Crippen LogP contribution in [0.2, 0.25) is 0 Å². The van der Waals surface area contributed by atoms with Crippen LogP contribution in [0.25, 0.3) is 0 Å². The average Bonchev–Trinajstić information content (AvgIpc) is 2.86. The first-order valence-electron chi connectivity index (χ1n) is 12.4. The van der Waals surface area contributed by atoms with Crippen molar-refractivity contribution >= 4 is 17.9 Å². The highest BCUT2D eigenvalue weighted by atomic mass is 16.5. The minimum Gasteiger partial charge on any atom is -0.497 e. The Morgan fingerprint density at radius 1 is 1.06 bits per heavy atom. The van der Waals surface area contributed by atoms with Crippen LogP contribution in [0.5, 0.6) is 11.5 Å². The van der Waals surface area contributed by atoms with Crippen LogP contribution < -0.4 is 14.8 Å². The van der Waals surface area contributed by atoms with E-state index >= 15 is 0 Å². The molecule has 0 aliphatic carbocycles. The highest BCUT2D eigenvalue weighted by Crippen LogP contribution is 2.35. The van der Waals surface area contributed by atoms with Gasteiger partial charge >= 0.3 is 12.0 Å².